The zero-order valence-corrected chi connectivity index (χ0v) is 27.9. The van der Waals surface area contributed by atoms with Gasteiger partial charge >= 0.3 is 0 Å². The molecule has 0 heterocycles. The van der Waals surface area contributed by atoms with Crippen LogP contribution < -0.4 is 10.4 Å². The molecule has 0 N–H and O–H groups in total. The number of rotatable bonds is 13. The summed E-state index contributed by atoms with van der Waals surface area (Å²) >= 11 is 0. The molecular weight excluding hydrogens is 513 g/mol. The van der Waals surface area contributed by atoms with Crippen LogP contribution in [0.1, 0.15) is 61.3 Å². The Kier molecular flexibility index (Phi) is 12.1. The van der Waals surface area contributed by atoms with E-state index >= 15 is 0 Å². The summed E-state index contributed by atoms with van der Waals surface area (Å²) in [6.45, 7) is 21.9. The number of benzene rings is 2. The second-order valence-corrected chi connectivity index (χ2v) is 21.5. The fourth-order valence-electron chi connectivity index (χ4n) is 4.86. The fourth-order valence-corrected chi connectivity index (χ4v) is 10.3. The van der Waals surface area contributed by atoms with E-state index < -0.39 is 22.7 Å². The van der Waals surface area contributed by atoms with E-state index in [0.29, 0.717) is 6.61 Å². The molecule has 0 aromatic heterocycles. The van der Waals surface area contributed by atoms with Crippen molar-refractivity contribution < 1.29 is 13.6 Å². The van der Waals surface area contributed by atoms with Crippen LogP contribution >= 0.6 is 0 Å². The molecule has 2 rings (SSSR count). The highest BCUT2D eigenvalue weighted by molar-refractivity contribution is 6.99. The van der Waals surface area contributed by atoms with Gasteiger partial charge in [0.05, 0.1) is 6.61 Å². The molecule has 0 spiro atoms. The summed E-state index contributed by atoms with van der Waals surface area (Å²) < 4.78 is 13.2. The first-order valence-electron chi connectivity index (χ1n) is 14.1. The number of hydrogen-bond donors (Lipinski definition) is 0. The van der Waals surface area contributed by atoms with Crippen molar-refractivity contribution in [2.75, 3.05) is 6.61 Å². The highest BCUT2D eigenvalue weighted by Gasteiger charge is 2.49. The average molecular weight is 563 g/mol. The van der Waals surface area contributed by atoms with Gasteiger partial charge in [-0.2, -0.15) is 0 Å². The van der Waals surface area contributed by atoms with Crippen LogP contribution in [0.5, 0.6) is 0 Å². The second kappa shape index (κ2) is 14.4. The SMILES string of the molecule is CC(C)=CC(O[Si](C)(C)C)C(=O)/C(C)=C/CC/C(C)=C/CO[Si](c1ccccc1)(c1ccccc1)C(C)(C)C. The van der Waals surface area contributed by atoms with E-state index in [-0.39, 0.29) is 10.8 Å². The Hall–Kier alpha value is -2.32. The van der Waals surface area contributed by atoms with Gasteiger partial charge in [-0.15, -0.1) is 0 Å². The molecule has 2 aromatic rings. The van der Waals surface area contributed by atoms with E-state index in [1.807, 2.05) is 26.8 Å². The van der Waals surface area contributed by atoms with Crippen molar-refractivity contribution in [1.82, 2.24) is 0 Å². The van der Waals surface area contributed by atoms with Crippen molar-refractivity contribution >= 4 is 32.8 Å². The van der Waals surface area contributed by atoms with Gasteiger partial charge in [0, 0.05) is 0 Å². The molecule has 0 saturated heterocycles. The molecule has 0 aliphatic rings. The van der Waals surface area contributed by atoms with E-state index in [2.05, 4.69) is 120 Å². The van der Waals surface area contributed by atoms with Crippen LogP contribution in [-0.4, -0.2) is 35.1 Å². The first kappa shape index (κ1) is 32.9. The summed E-state index contributed by atoms with van der Waals surface area (Å²) in [5, 5.41) is 2.54. The Morgan fingerprint density at radius 1 is 0.846 bits per heavy atom. The Morgan fingerprint density at radius 2 is 1.36 bits per heavy atom. The number of ketones is 1. The molecule has 0 saturated carbocycles. The third-order valence-electron chi connectivity index (χ3n) is 6.75. The van der Waals surface area contributed by atoms with E-state index in [1.165, 1.54) is 15.9 Å². The normalized spacial score (nSPS) is 14.2. The molecule has 3 nitrogen and oxygen atoms in total. The minimum absolute atomic E-state index is 0.0442. The average Bonchev–Trinajstić information content (AvgIpc) is 2.85. The molecule has 212 valence electrons. The van der Waals surface area contributed by atoms with E-state index in [1.54, 1.807) is 0 Å². The number of carbonyl (C=O) groups is 1. The lowest BCUT2D eigenvalue weighted by molar-refractivity contribution is -0.120. The predicted molar refractivity (Wildman–Crippen MR) is 173 cm³/mol. The molecule has 2 aromatic carbocycles. The maximum atomic E-state index is 13.1. The number of Topliss-reactive ketones (excluding diaryl/α,β-unsaturated/α-hetero) is 1. The molecule has 0 bridgehead atoms. The molecule has 0 aliphatic carbocycles. The summed E-state index contributed by atoms with van der Waals surface area (Å²) in [6.07, 6.45) is 7.43. The van der Waals surface area contributed by atoms with Gasteiger partial charge in [0.15, 0.2) is 14.1 Å². The molecule has 0 radical (unpaired) electrons. The van der Waals surface area contributed by atoms with Crippen LogP contribution in [0.3, 0.4) is 0 Å². The molecule has 39 heavy (non-hydrogen) atoms. The first-order valence-corrected chi connectivity index (χ1v) is 19.4. The van der Waals surface area contributed by atoms with Crippen LogP contribution in [-0.2, 0) is 13.6 Å². The Bertz CT molecular complexity index is 1110. The standard InChI is InChI=1S/C34H50O3Si2/c1-27(2)26-32(37-38(8,9)10)33(35)29(4)19-17-18-28(3)24-25-36-39(34(5,6)7,30-20-13-11-14-21-30)31-22-15-12-16-23-31/h11-16,19-24,26,32H,17-18,25H2,1-10H3/b28-24+,29-19+. The molecule has 1 atom stereocenters. The lowest BCUT2D eigenvalue weighted by atomic mass is 10.0. The van der Waals surface area contributed by atoms with E-state index in [9.17, 15) is 4.79 Å². The largest absolute Gasteiger partial charge is 0.404 e. The van der Waals surface area contributed by atoms with E-state index in [4.69, 9.17) is 8.85 Å². The first-order chi connectivity index (χ1) is 18.2. The number of hydrogen-bond acceptors (Lipinski definition) is 3. The minimum atomic E-state index is -2.54. The Balaban J connectivity index is 2.17. The summed E-state index contributed by atoms with van der Waals surface area (Å²) in [7, 11) is -4.39. The molecular formula is C34H50O3Si2. The smallest absolute Gasteiger partial charge is 0.261 e. The number of allylic oxidation sites excluding steroid dienone is 3. The topological polar surface area (TPSA) is 35.5 Å². The predicted octanol–water partition coefficient (Wildman–Crippen LogP) is 7.99. The summed E-state index contributed by atoms with van der Waals surface area (Å²) in [5.74, 6) is 0.0651. The molecule has 1 unspecified atom stereocenters. The quantitative estimate of drug-likeness (QED) is 0.141. The van der Waals surface area contributed by atoms with Crippen LogP contribution in [0.15, 0.2) is 95.6 Å². The third-order valence-corrected chi connectivity index (χ3v) is 12.7. The highest BCUT2D eigenvalue weighted by Crippen LogP contribution is 2.36. The van der Waals surface area contributed by atoms with Gasteiger partial charge < -0.3 is 8.85 Å². The van der Waals surface area contributed by atoms with Crippen LogP contribution in [0, 0.1) is 0 Å². The lowest BCUT2D eigenvalue weighted by Gasteiger charge is -2.42. The number of carbonyl (C=O) groups excluding carboxylic acids is 1. The van der Waals surface area contributed by atoms with Gasteiger partial charge in [-0.05, 0) is 81.2 Å². The Morgan fingerprint density at radius 3 is 1.79 bits per heavy atom. The van der Waals surface area contributed by atoms with Crippen LogP contribution in [0.2, 0.25) is 24.7 Å². The van der Waals surface area contributed by atoms with Crippen molar-refractivity contribution in [2.24, 2.45) is 0 Å². The molecule has 5 heteroatoms. The van der Waals surface area contributed by atoms with Crippen molar-refractivity contribution in [3.8, 4) is 0 Å². The summed E-state index contributed by atoms with van der Waals surface area (Å²) in [4.78, 5) is 13.1. The summed E-state index contributed by atoms with van der Waals surface area (Å²) in [6, 6.07) is 21.5. The summed E-state index contributed by atoms with van der Waals surface area (Å²) in [5.41, 5.74) is 3.13. The second-order valence-electron chi connectivity index (χ2n) is 12.7. The maximum absolute atomic E-state index is 13.1. The molecule has 0 fully saturated rings. The lowest BCUT2D eigenvalue weighted by Crippen LogP contribution is -2.66. The fraction of sp³-hybridized carbons (Fsp3) is 0.441. The molecule has 0 aliphatic heterocycles. The van der Waals surface area contributed by atoms with Crippen molar-refractivity contribution in [3.05, 3.63) is 95.6 Å². The van der Waals surface area contributed by atoms with E-state index in [0.717, 1.165) is 24.0 Å². The van der Waals surface area contributed by atoms with Gasteiger partial charge in [0.25, 0.3) is 8.32 Å². The van der Waals surface area contributed by atoms with Gasteiger partial charge in [0.1, 0.15) is 6.10 Å². The van der Waals surface area contributed by atoms with Gasteiger partial charge in [-0.1, -0.05) is 111 Å². The zero-order chi connectivity index (χ0) is 29.3. The molecule has 0 amide bonds. The minimum Gasteiger partial charge on any atom is -0.404 e. The van der Waals surface area contributed by atoms with Crippen molar-refractivity contribution in [2.45, 2.75) is 92.1 Å². The Labute approximate surface area is 240 Å². The van der Waals surface area contributed by atoms with Crippen LogP contribution in [0.25, 0.3) is 0 Å². The van der Waals surface area contributed by atoms with Gasteiger partial charge in [-0.25, -0.2) is 0 Å². The van der Waals surface area contributed by atoms with Crippen molar-refractivity contribution in [3.63, 3.8) is 0 Å². The third kappa shape index (κ3) is 9.68. The van der Waals surface area contributed by atoms with Crippen molar-refractivity contribution in [1.29, 1.82) is 0 Å². The highest BCUT2D eigenvalue weighted by atomic mass is 28.4. The van der Waals surface area contributed by atoms with Gasteiger partial charge in [-0.3, -0.25) is 4.79 Å². The van der Waals surface area contributed by atoms with Gasteiger partial charge in [0.2, 0.25) is 0 Å². The van der Waals surface area contributed by atoms with Crippen LogP contribution in [0.4, 0.5) is 0 Å². The maximum Gasteiger partial charge on any atom is 0.261 e. The zero-order valence-electron chi connectivity index (χ0n) is 25.9. The monoisotopic (exact) mass is 562 g/mol.